The van der Waals surface area contributed by atoms with Crippen LogP contribution in [0.15, 0.2) is 0 Å². The molecule has 0 aromatic carbocycles. The van der Waals surface area contributed by atoms with Gasteiger partial charge in [0.2, 0.25) is 0 Å². The molecule has 0 aromatic heterocycles. The molecule has 2 unspecified atom stereocenters. The maximum absolute atomic E-state index is 12.2. The van der Waals surface area contributed by atoms with Gasteiger partial charge >= 0.3 is 6.09 Å². The summed E-state index contributed by atoms with van der Waals surface area (Å²) in [5, 5.41) is 12.3. The molecule has 0 spiro atoms. The van der Waals surface area contributed by atoms with Crippen molar-refractivity contribution in [2.45, 2.75) is 74.5 Å². The predicted octanol–water partition coefficient (Wildman–Crippen LogP) is 2.24. The molecule has 0 aliphatic carbocycles. The molecule has 0 radical (unpaired) electrons. The Morgan fingerprint density at radius 1 is 1.35 bits per heavy atom. The van der Waals surface area contributed by atoms with Crippen LogP contribution in [0.2, 0.25) is 0 Å². The van der Waals surface area contributed by atoms with Crippen LogP contribution in [0.25, 0.3) is 0 Å². The molecule has 0 aromatic rings. The van der Waals surface area contributed by atoms with Crippen molar-refractivity contribution in [2.24, 2.45) is 0 Å². The summed E-state index contributed by atoms with van der Waals surface area (Å²) in [5.74, 6) is 0. The molecule has 6 heteroatoms. The van der Waals surface area contributed by atoms with E-state index in [4.69, 9.17) is 4.74 Å². The molecular weight excluding hydrogens is 276 g/mol. The molecule has 20 heavy (non-hydrogen) atoms. The Morgan fingerprint density at radius 3 is 2.35 bits per heavy atom. The van der Waals surface area contributed by atoms with Gasteiger partial charge in [0.25, 0.3) is 0 Å². The number of carbonyl (C=O) groups is 1. The first kappa shape index (κ1) is 15.3. The summed E-state index contributed by atoms with van der Waals surface area (Å²) in [4.78, 5) is 11.9. The fraction of sp³-hybridized carbons (Fsp3) is 0.857. The van der Waals surface area contributed by atoms with Crippen LogP contribution >= 0.6 is 0 Å². The predicted molar refractivity (Wildman–Crippen MR) is 76.5 cm³/mol. The molecule has 2 saturated heterocycles. The Hall–Kier alpha value is -1.09. The number of rotatable bonds is 1. The van der Waals surface area contributed by atoms with E-state index in [2.05, 4.69) is 11.4 Å². The van der Waals surface area contributed by atoms with Crippen LogP contribution in [0.5, 0.6) is 0 Å². The fourth-order valence-corrected chi connectivity index (χ4v) is 5.27. The van der Waals surface area contributed by atoms with E-state index in [0.717, 1.165) is 19.3 Å². The summed E-state index contributed by atoms with van der Waals surface area (Å²) >= 11 is 0. The van der Waals surface area contributed by atoms with Crippen LogP contribution in [0, 0.1) is 11.3 Å². The molecule has 2 atom stereocenters. The summed E-state index contributed by atoms with van der Waals surface area (Å²) in [6.07, 6.45) is 3.18. The summed E-state index contributed by atoms with van der Waals surface area (Å²) in [7, 11) is -0.861. The number of fused-ring (bicyclic) bond motifs is 2. The number of nitrogens with zero attached hydrogens (tertiary/aromatic N) is 1. The largest absolute Gasteiger partial charge is 0.444 e. The van der Waals surface area contributed by atoms with Gasteiger partial charge in [-0.2, -0.15) is 5.26 Å². The molecule has 2 bridgehead atoms. The molecule has 2 heterocycles. The third-order valence-corrected chi connectivity index (χ3v) is 5.93. The highest BCUT2D eigenvalue weighted by atomic mass is 32.2. The average Bonchev–Trinajstić information content (AvgIpc) is 2.28. The molecule has 1 N–H and O–H groups in total. The van der Waals surface area contributed by atoms with Crippen LogP contribution in [-0.2, 0) is 15.5 Å². The highest BCUT2D eigenvalue weighted by Gasteiger charge is 2.48. The first-order chi connectivity index (χ1) is 9.25. The minimum absolute atomic E-state index is 0.0251. The number of alkyl carbamates (subject to hydrolysis) is 1. The third kappa shape index (κ3) is 3.32. The molecule has 2 aliphatic heterocycles. The number of ether oxygens (including phenoxy) is 1. The van der Waals surface area contributed by atoms with Gasteiger partial charge in [-0.1, -0.05) is 6.42 Å². The first-order valence-corrected chi connectivity index (χ1v) is 8.34. The normalized spacial score (nSPS) is 36.8. The van der Waals surface area contributed by atoms with E-state index in [1.54, 1.807) is 20.8 Å². The second-order valence-corrected chi connectivity index (χ2v) is 8.72. The quantitative estimate of drug-likeness (QED) is 0.805. The van der Waals surface area contributed by atoms with Crippen LogP contribution in [0.1, 0.15) is 52.9 Å². The van der Waals surface area contributed by atoms with E-state index in [0.29, 0.717) is 12.8 Å². The van der Waals surface area contributed by atoms with Gasteiger partial charge in [0.15, 0.2) is 0 Å². The maximum atomic E-state index is 12.2. The fourth-order valence-electron chi connectivity index (χ4n) is 3.03. The van der Waals surface area contributed by atoms with E-state index in [9.17, 15) is 14.3 Å². The lowest BCUT2D eigenvalue weighted by atomic mass is 9.84. The number of carbonyl (C=O) groups excluding carboxylic acids is 1. The molecule has 2 fully saturated rings. The number of hydrogen-bond acceptors (Lipinski definition) is 4. The van der Waals surface area contributed by atoms with Crippen LogP contribution < -0.4 is 5.32 Å². The summed E-state index contributed by atoms with van der Waals surface area (Å²) in [6, 6.07) is 2.24. The van der Waals surface area contributed by atoms with E-state index >= 15 is 0 Å². The minimum atomic E-state index is -0.925. The number of nitriles is 1. The van der Waals surface area contributed by atoms with Gasteiger partial charge < -0.3 is 10.1 Å². The van der Waals surface area contributed by atoms with Gasteiger partial charge in [-0.3, -0.25) is 4.21 Å². The highest BCUT2D eigenvalue weighted by molar-refractivity contribution is 7.86. The van der Waals surface area contributed by atoms with E-state index in [1.165, 1.54) is 0 Å². The SMILES string of the molecule is CC(C)(C)OC(=O)NC1(C#N)CC2CCCC(C1)S2=O. The molecular formula is C14H22N2O3S. The number of hydrogen-bond donors (Lipinski definition) is 1. The standard InChI is InChI=1S/C14H22N2O3S/c1-13(2,3)19-12(17)16-14(9-15)7-10-5-4-6-11(8-14)20(10)18/h10-11H,4-8H2,1-3H3,(H,16,17). The maximum Gasteiger partial charge on any atom is 0.408 e. The van der Waals surface area contributed by atoms with Gasteiger partial charge in [0.1, 0.15) is 11.1 Å². The second kappa shape index (κ2) is 5.36. The zero-order valence-electron chi connectivity index (χ0n) is 12.3. The zero-order valence-corrected chi connectivity index (χ0v) is 13.1. The Kier molecular flexibility index (Phi) is 4.10. The van der Waals surface area contributed by atoms with Gasteiger partial charge in [0.05, 0.1) is 6.07 Å². The van der Waals surface area contributed by atoms with Crippen LogP contribution in [0.3, 0.4) is 0 Å². The summed E-state index contributed by atoms with van der Waals surface area (Å²) < 4.78 is 17.4. The van der Waals surface area contributed by atoms with E-state index < -0.39 is 28.0 Å². The van der Waals surface area contributed by atoms with Gasteiger partial charge in [-0.05, 0) is 46.5 Å². The van der Waals surface area contributed by atoms with Crippen molar-refractivity contribution in [2.75, 3.05) is 0 Å². The monoisotopic (exact) mass is 298 g/mol. The highest BCUT2D eigenvalue weighted by Crippen LogP contribution is 2.39. The number of amides is 1. The van der Waals surface area contributed by atoms with Crippen molar-refractivity contribution < 1.29 is 13.7 Å². The van der Waals surface area contributed by atoms with Gasteiger partial charge in [-0.25, -0.2) is 4.79 Å². The van der Waals surface area contributed by atoms with Crippen molar-refractivity contribution in [3.05, 3.63) is 0 Å². The van der Waals surface area contributed by atoms with Gasteiger partial charge in [0, 0.05) is 21.3 Å². The van der Waals surface area contributed by atoms with Crippen molar-refractivity contribution in [1.82, 2.24) is 5.32 Å². The Morgan fingerprint density at radius 2 is 1.90 bits per heavy atom. The topological polar surface area (TPSA) is 79.2 Å². The molecule has 2 rings (SSSR count). The van der Waals surface area contributed by atoms with Crippen molar-refractivity contribution in [3.8, 4) is 6.07 Å². The average molecular weight is 298 g/mol. The molecule has 1 amide bonds. The molecule has 2 aliphatic rings. The van der Waals surface area contributed by atoms with Crippen molar-refractivity contribution in [1.29, 1.82) is 5.26 Å². The van der Waals surface area contributed by atoms with E-state index in [-0.39, 0.29) is 10.5 Å². The molecule has 112 valence electrons. The Bertz CT molecular complexity index is 448. The third-order valence-electron chi connectivity index (χ3n) is 3.82. The zero-order chi connectivity index (χ0) is 15.0. The van der Waals surface area contributed by atoms with Gasteiger partial charge in [-0.15, -0.1) is 0 Å². The van der Waals surface area contributed by atoms with Crippen molar-refractivity contribution in [3.63, 3.8) is 0 Å². The van der Waals surface area contributed by atoms with Crippen molar-refractivity contribution >= 4 is 16.9 Å². The Labute approximate surface area is 122 Å². The summed E-state index contributed by atoms with van der Waals surface area (Å²) in [6.45, 7) is 5.36. The first-order valence-electron chi connectivity index (χ1n) is 7.06. The lowest BCUT2D eigenvalue weighted by Gasteiger charge is -2.43. The van der Waals surface area contributed by atoms with E-state index in [1.807, 2.05) is 0 Å². The number of nitrogens with one attached hydrogen (secondary N) is 1. The molecule has 5 nitrogen and oxygen atoms in total. The lowest BCUT2D eigenvalue weighted by Crippen LogP contribution is -2.58. The minimum Gasteiger partial charge on any atom is -0.444 e. The second-order valence-electron chi connectivity index (χ2n) is 6.73. The van der Waals surface area contributed by atoms with Crippen LogP contribution in [-0.4, -0.2) is 31.9 Å². The van der Waals surface area contributed by atoms with Crippen LogP contribution in [0.4, 0.5) is 4.79 Å². The Balaban J connectivity index is 2.10. The smallest absolute Gasteiger partial charge is 0.408 e. The lowest BCUT2D eigenvalue weighted by molar-refractivity contribution is 0.0466. The molecule has 0 saturated carbocycles. The summed E-state index contributed by atoms with van der Waals surface area (Å²) in [5.41, 5.74) is -1.51.